The van der Waals surface area contributed by atoms with Gasteiger partial charge in [0.05, 0.1) is 34.4 Å². The van der Waals surface area contributed by atoms with Gasteiger partial charge in [0, 0.05) is 13.0 Å². The summed E-state index contributed by atoms with van der Waals surface area (Å²) in [5, 5.41) is 0. The van der Waals surface area contributed by atoms with Crippen LogP contribution in [-0.2, 0) is 27.9 Å². The van der Waals surface area contributed by atoms with Crippen LogP contribution in [0.15, 0.2) is 36.5 Å². The van der Waals surface area contributed by atoms with Crippen molar-refractivity contribution < 1.29 is 37.3 Å². The molecule has 0 aromatic rings. The lowest BCUT2D eigenvalue weighted by molar-refractivity contribution is -0.870. The predicted molar refractivity (Wildman–Crippen MR) is 227 cm³/mol. The Labute approximate surface area is 334 Å². The summed E-state index contributed by atoms with van der Waals surface area (Å²) in [5.41, 5.74) is 0. The summed E-state index contributed by atoms with van der Waals surface area (Å²) in [5.74, 6) is -0.342. The predicted octanol–water partition coefficient (Wildman–Crippen LogP) is 12.4. The van der Waals surface area contributed by atoms with Gasteiger partial charge in [0.1, 0.15) is 19.3 Å². The lowest BCUT2D eigenvalue weighted by Gasteiger charge is -2.28. The number of carbonyl (C=O) groups is 1. The fourth-order valence-corrected chi connectivity index (χ4v) is 6.69. The first-order valence-electron chi connectivity index (χ1n) is 22.2. The van der Waals surface area contributed by atoms with Crippen molar-refractivity contribution in [1.29, 1.82) is 0 Å². The molecule has 0 N–H and O–H groups in total. The molecule has 0 saturated heterocycles. The van der Waals surface area contributed by atoms with Crippen molar-refractivity contribution in [2.75, 3.05) is 54.1 Å². The minimum Gasteiger partial charge on any atom is -0.756 e. The zero-order valence-electron chi connectivity index (χ0n) is 35.9. The van der Waals surface area contributed by atoms with Gasteiger partial charge in [-0.1, -0.05) is 166 Å². The summed E-state index contributed by atoms with van der Waals surface area (Å²) < 4.78 is 34.5. The number of likely N-dealkylation sites (N-methyl/N-ethyl adjacent to an activating group) is 1. The molecule has 0 spiro atoms. The average Bonchev–Trinajstić information content (AvgIpc) is 3.12. The van der Waals surface area contributed by atoms with Crippen molar-refractivity contribution in [3.63, 3.8) is 0 Å². The number of nitrogens with zero attached hydrogens (tertiary/aromatic N) is 1. The van der Waals surface area contributed by atoms with E-state index in [4.69, 9.17) is 18.5 Å². The van der Waals surface area contributed by atoms with Gasteiger partial charge in [-0.05, 0) is 51.4 Å². The summed E-state index contributed by atoms with van der Waals surface area (Å²) >= 11 is 0. The molecule has 0 aliphatic heterocycles. The van der Waals surface area contributed by atoms with Crippen molar-refractivity contribution in [3.8, 4) is 0 Å². The number of phosphoric ester groups is 1. The van der Waals surface area contributed by atoms with Crippen LogP contribution in [0.5, 0.6) is 0 Å². The van der Waals surface area contributed by atoms with Gasteiger partial charge < -0.3 is 27.9 Å². The third-order valence-electron chi connectivity index (χ3n) is 9.44. The first-order chi connectivity index (χ1) is 26.1. The van der Waals surface area contributed by atoms with Crippen LogP contribution in [0.25, 0.3) is 0 Å². The molecular formula is C45H86NO7P. The first kappa shape index (κ1) is 52.7. The molecule has 0 fully saturated rings. The van der Waals surface area contributed by atoms with E-state index in [1.165, 1.54) is 116 Å². The van der Waals surface area contributed by atoms with Gasteiger partial charge in [0.25, 0.3) is 7.82 Å². The standard InChI is InChI=1S/C45H86NO7P/c1-6-8-10-12-14-16-17-18-19-20-21-22-23-24-25-26-27-28-29-30-32-34-36-38-45(47)53-44(43-52-54(48,49)51-41-39-46(3,4)5)42-50-40-37-35-33-31-15-13-11-9-7-2/h17-18,20-21,23-24,44H,6-16,19,22,25-43H2,1-5H3/b18-17-,21-20-,24-23-. The number of quaternary nitrogens is 1. The molecular weight excluding hydrogens is 697 g/mol. The van der Waals surface area contributed by atoms with Crippen molar-refractivity contribution >= 4 is 13.8 Å². The highest BCUT2D eigenvalue weighted by Gasteiger charge is 2.20. The van der Waals surface area contributed by atoms with Crippen LogP contribution in [-0.4, -0.2) is 70.7 Å². The fourth-order valence-electron chi connectivity index (χ4n) is 5.96. The molecule has 0 aromatic carbocycles. The van der Waals surface area contributed by atoms with Crippen LogP contribution in [0.2, 0.25) is 0 Å². The normalized spacial score (nSPS) is 14.1. The van der Waals surface area contributed by atoms with E-state index >= 15 is 0 Å². The number of carbonyl (C=O) groups excluding carboxylic acids is 1. The minimum atomic E-state index is -4.52. The molecule has 2 atom stereocenters. The van der Waals surface area contributed by atoms with E-state index in [1.807, 2.05) is 21.1 Å². The molecule has 9 heteroatoms. The molecule has 54 heavy (non-hydrogen) atoms. The number of allylic oxidation sites excluding steroid dienone is 6. The van der Waals surface area contributed by atoms with Crippen molar-refractivity contribution in [2.45, 2.75) is 193 Å². The summed E-state index contributed by atoms with van der Waals surface area (Å²) in [6, 6.07) is 0. The smallest absolute Gasteiger partial charge is 0.306 e. The highest BCUT2D eigenvalue weighted by atomic mass is 31.2. The van der Waals surface area contributed by atoms with Gasteiger partial charge in [-0.15, -0.1) is 0 Å². The van der Waals surface area contributed by atoms with E-state index in [-0.39, 0.29) is 25.8 Å². The first-order valence-corrected chi connectivity index (χ1v) is 23.7. The van der Waals surface area contributed by atoms with E-state index in [0.717, 1.165) is 51.4 Å². The largest absolute Gasteiger partial charge is 0.756 e. The van der Waals surface area contributed by atoms with E-state index in [2.05, 4.69) is 50.3 Å². The van der Waals surface area contributed by atoms with Crippen LogP contribution in [0.1, 0.15) is 187 Å². The molecule has 0 rings (SSSR count). The molecule has 0 heterocycles. The van der Waals surface area contributed by atoms with Gasteiger partial charge in [0.2, 0.25) is 0 Å². The van der Waals surface area contributed by atoms with Gasteiger partial charge >= 0.3 is 5.97 Å². The van der Waals surface area contributed by atoms with Gasteiger partial charge in [-0.3, -0.25) is 9.36 Å². The van der Waals surface area contributed by atoms with Crippen LogP contribution >= 0.6 is 7.82 Å². The highest BCUT2D eigenvalue weighted by Crippen LogP contribution is 2.38. The van der Waals surface area contributed by atoms with Gasteiger partial charge in [-0.2, -0.15) is 0 Å². The molecule has 0 aliphatic carbocycles. The zero-order chi connectivity index (χ0) is 39.9. The Morgan fingerprint density at radius 3 is 1.52 bits per heavy atom. The molecule has 0 amide bonds. The number of hydrogen-bond acceptors (Lipinski definition) is 7. The zero-order valence-corrected chi connectivity index (χ0v) is 36.8. The number of hydrogen-bond donors (Lipinski definition) is 0. The topological polar surface area (TPSA) is 94.1 Å². The van der Waals surface area contributed by atoms with Gasteiger partial charge in [0.15, 0.2) is 0 Å². The van der Waals surface area contributed by atoms with E-state index in [9.17, 15) is 14.3 Å². The van der Waals surface area contributed by atoms with Gasteiger partial charge in [-0.25, -0.2) is 0 Å². The number of rotatable bonds is 41. The van der Waals surface area contributed by atoms with Crippen LogP contribution < -0.4 is 4.89 Å². The van der Waals surface area contributed by atoms with E-state index in [0.29, 0.717) is 24.1 Å². The maximum atomic E-state index is 12.7. The summed E-state index contributed by atoms with van der Waals surface area (Å²) in [7, 11) is 1.35. The van der Waals surface area contributed by atoms with Crippen LogP contribution in [0.3, 0.4) is 0 Å². The quantitative estimate of drug-likeness (QED) is 0.0200. The molecule has 0 aromatic heterocycles. The van der Waals surface area contributed by atoms with Crippen LogP contribution in [0.4, 0.5) is 0 Å². The summed E-state index contributed by atoms with van der Waals surface area (Å²) in [6.45, 7) is 5.38. The fraction of sp³-hybridized carbons (Fsp3) is 0.844. The van der Waals surface area contributed by atoms with Crippen molar-refractivity contribution in [2.24, 2.45) is 0 Å². The second kappa shape index (κ2) is 38.6. The summed E-state index contributed by atoms with van der Waals surface area (Å²) in [4.78, 5) is 25.0. The van der Waals surface area contributed by atoms with Crippen molar-refractivity contribution in [1.82, 2.24) is 0 Å². The average molecular weight is 784 g/mol. The summed E-state index contributed by atoms with van der Waals surface area (Å²) in [6.07, 6.45) is 44.4. The maximum Gasteiger partial charge on any atom is 0.306 e. The molecule has 2 unspecified atom stereocenters. The lowest BCUT2D eigenvalue weighted by Crippen LogP contribution is -2.37. The SMILES string of the molecule is CCCCCCC/C=C\C/C=C\C/C=C\CCCCCCCCCCC(=O)OC(COCCCCCCCCCCC)COP(=O)([O-])OCC[N+](C)(C)C. The molecule has 0 saturated carbocycles. The molecule has 0 aliphatic rings. The molecule has 0 radical (unpaired) electrons. The Morgan fingerprint density at radius 2 is 1.02 bits per heavy atom. The number of unbranched alkanes of at least 4 members (excludes halogenated alkanes) is 21. The van der Waals surface area contributed by atoms with E-state index in [1.54, 1.807) is 0 Å². The Morgan fingerprint density at radius 1 is 0.574 bits per heavy atom. The number of ether oxygens (including phenoxy) is 2. The highest BCUT2D eigenvalue weighted by molar-refractivity contribution is 7.45. The Bertz CT molecular complexity index is 962. The third kappa shape index (κ3) is 41.9. The second-order valence-corrected chi connectivity index (χ2v) is 17.5. The van der Waals surface area contributed by atoms with Crippen molar-refractivity contribution in [3.05, 3.63) is 36.5 Å². The van der Waals surface area contributed by atoms with Crippen LogP contribution in [0, 0.1) is 0 Å². The number of phosphoric acid groups is 1. The molecule has 318 valence electrons. The minimum absolute atomic E-state index is 0.0250. The Kier molecular flexibility index (Phi) is 37.7. The molecule has 0 bridgehead atoms. The second-order valence-electron chi connectivity index (χ2n) is 16.1. The maximum absolute atomic E-state index is 12.7. The third-order valence-corrected chi connectivity index (χ3v) is 10.4. The number of esters is 1. The Balaban J connectivity index is 4.13. The molecule has 8 nitrogen and oxygen atoms in total. The van der Waals surface area contributed by atoms with E-state index < -0.39 is 13.9 Å². The Hall–Kier alpha value is -1.28. The monoisotopic (exact) mass is 784 g/mol. The lowest BCUT2D eigenvalue weighted by atomic mass is 10.1.